The van der Waals surface area contributed by atoms with Crippen LogP contribution in [0.25, 0.3) is 0 Å². The number of hydrogen-bond acceptors (Lipinski definition) is 15. The highest BCUT2D eigenvalue weighted by atomic mass is 16.6. The Kier molecular flexibility index (Phi) is 23.9. The number of alkyl carbamates (subject to hydrolysis) is 1. The summed E-state index contributed by atoms with van der Waals surface area (Å²) in [4.78, 5) is 78.2. The molecule has 1 fully saturated rings. The van der Waals surface area contributed by atoms with Gasteiger partial charge in [-0.1, -0.05) is 152 Å². The molecule has 17 heteroatoms. The van der Waals surface area contributed by atoms with Crippen LogP contribution in [-0.4, -0.2) is 108 Å². The van der Waals surface area contributed by atoms with E-state index in [1.807, 2.05) is 152 Å². The Morgan fingerprint density at radius 2 is 0.931 bits per heavy atom. The predicted molar refractivity (Wildman–Crippen MR) is 328 cm³/mol. The van der Waals surface area contributed by atoms with Crippen molar-refractivity contribution in [3.05, 3.63) is 208 Å². The molecule has 2 heterocycles. The number of aryl methyl sites for hydroxylation is 1. The van der Waals surface area contributed by atoms with Crippen LogP contribution >= 0.6 is 0 Å². The highest BCUT2D eigenvalue weighted by Gasteiger charge is 2.50. The normalized spacial score (nSPS) is 17.7. The highest BCUT2D eigenvalue weighted by molar-refractivity contribution is 6.00. The third kappa shape index (κ3) is 21.0. The lowest BCUT2D eigenvalue weighted by atomic mass is 9.86. The van der Waals surface area contributed by atoms with Gasteiger partial charge in [-0.15, -0.1) is 0 Å². The van der Waals surface area contributed by atoms with E-state index >= 15 is 14.4 Å². The Bertz CT molecular complexity index is 3160. The molecule has 0 radical (unpaired) electrons. The molecule has 2 N–H and O–H groups in total. The molecule has 0 spiro atoms. The molecular formula is C70H85N3O14. The maximum atomic E-state index is 15.5. The van der Waals surface area contributed by atoms with Crippen LogP contribution in [0.3, 0.4) is 0 Å². The molecule has 2 amide bonds. The lowest BCUT2D eigenvalue weighted by Gasteiger charge is -2.46. The molecule has 5 aromatic carbocycles. The van der Waals surface area contributed by atoms with Gasteiger partial charge in [0.05, 0.1) is 68.3 Å². The van der Waals surface area contributed by atoms with Crippen molar-refractivity contribution in [3.8, 4) is 0 Å². The van der Waals surface area contributed by atoms with Gasteiger partial charge in [0.25, 0.3) is 0 Å². The first kappa shape index (κ1) is 66.7. The highest BCUT2D eigenvalue weighted by Crippen LogP contribution is 2.36. The minimum Gasteiger partial charge on any atom is -0.464 e. The molecule has 7 rings (SSSR count). The largest absolute Gasteiger partial charge is 0.464 e. The minimum atomic E-state index is -1.57. The summed E-state index contributed by atoms with van der Waals surface area (Å²) in [6.45, 7) is 19.2. The molecule has 6 aromatic rings. The number of nitrogens with zero attached hydrogens (tertiary/aromatic N) is 1. The molecule has 464 valence electrons. The van der Waals surface area contributed by atoms with E-state index in [1.165, 1.54) is 0 Å². The molecular weight excluding hydrogens is 1110 g/mol. The number of pyridine rings is 1. The number of amides is 2. The fourth-order valence-corrected chi connectivity index (χ4v) is 10.0. The van der Waals surface area contributed by atoms with Gasteiger partial charge in [0, 0.05) is 19.3 Å². The van der Waals surface area contributed by atoms with Crippen LogP contribution in [0.5, 0.6) is 0 Å². The van der Waals surface area contributed by atoms with Gasteiger partial charge < -0.3 is 53.3 Å². The summed E-state index contributed by atoms with van der Waals surface area (Å²) in [5.41, 5.74) is 1.01. The van der Waals surface area contributed by atoms with E-state index in [0.29, 0.717) is 0 Å². The van der Waals surface area contributed by atoms with Crippen LogP contribution in [0, 0.1) is 6.92 Å². The van der Waals surface area contributed by atoms with Crippen LogP contribution in [0.1, 0.15) is 135 Å². The second-order valence-electron chi connectivity index (χ2n) is 24.5. The third-order valence-electron chi connectivity index (χ3n) is 13.7. The van der Waals surface area contributed by atoms with Gasteiger partial charge in [-0.25, -0.2) is 19.2 Å². The molecule has 87 heavy (non-hydrogen) atoms. The standard InChI is InChI=1S/C70H85N3O14/c1-12-80-64(75)55(38-47-28-18-13-19-29-47)72-63(74)54(73-67(78)87-70(9,10)11)40-53-59(66(77)86-69(6,7)8)52(58(46(2)71-53)65(76)85-68(3,4)5)39-56-60(81-42-49-32-22-15-23-33-49)62(83-44-51-36-26-17-27-37-51)61(82-43-50-34-24-16-25-35-50)57(84-56)45-79-41-48-30-20-14-21-31-48/h13-37,54-57,60-62H,12,38-45H2,1-11H3,(H,72,74)(H,73,78)/t54-,55-,56-,57+,60-,61-,62+/m0/s1. The van der Waals surface area contributed by atoms with Crippen LogP contribution < -0.4 is 10.6 Å². The van der Waals surface area contributed by atoms with E-state index in [2.05, 4.69) is 10.6 Å². The number of benzene rings is 5. The zero-order valence-electron chi connectivity index (χ0n) is 52.0. The molecule has 17 nitrogen and oxygen atoms in total. The monoisotopic (exact) mass is 1190 g/mol. The third-order valence-corrected chi connectivity index (χ3v) is 13.7. The number of aromatic nitrogens is 1. The molecule has 7 atom stereocenters. The van der Waals surface area contributed by atoms with E-state index in [1.54, 1.807) is 76.2 Å². The van der Waals surface area contributed by atoms with Crippen molar-refractivity contribution in [1.82, 2.24) is 15.6 Å². The van der Waals surface area contributed by atoms with Crippen molar-refractivity contribution in [3.63, 3.8) is 0 Å². The van der Waals surface area contributed by atoms with Crippen LogP contribution in [0.15, 0.2) is 152 Å². The van der Waals surface area contributed by atoms with E-state index in [0.717, 1.165) is 27.8 Å². The number of hydrogen-bond donors (Lipinski definition) is 2. The number of ether oxygens (including phenoxy) is 9. The second kappa shape index (κ2) is 31.2. The molecule has 1 aliphatic heterocycles. The lowest BCUT2D eigenvalue weighted by molar-refractivity contribution is -0.272. The number of carbonyl (C=O) groups excluding carboxylic acids is 5. The summed E-state index contributed by atoms with van der Waals surface area (Å²) >= 11 is 0. The number of rotatable bonds is 26. The summed E-state index contributed by atoms with van der Waals surface area (Å²) in [5, 5.41) is 5.52. The zero-order valence-corrected chi connectivity index (χ0v) is 52.0. The molecule has 0 saturated carbocycles. The topological polar surface area (TPSA) is 205 Å². The molecule has 1 aromatic heterocycles. The van der Waals surface area contributed by atoms with Gasteiger partial charge in [0.15, 0.2) is 0 Å². The first-order valence-electron chi connectivity index (χ1n) is 29.7. The van der Waals surface area contributed by atoms with Gasteiger partial charge in [-0.05, 0) is 110 Å². The van der Waals surface area contributed by atoms with Gasteiger partial charge in [-0.2, -0.15) is 0 Å². The SMILES string of the molecule is CCOC(=O)[C@H](Cc1ccccc1)NC(=O)[C@H](Cc1nc(C)c(C(=O)OC(C)(C)C)c(C[C@@H]2O[C@H](COCc3ccccc3)[C@H](OCc3ccccc3)[C@H](OCc3ccccc3)[C@H]2OCc2ccccc2)c1C(=O)OC(C)(C)C)NC(=O)OC(C)(C)C. The average molecular weight is 1190 g/mol. The predicted octanol–water partition coefficient (Wildman–Crippen LogP) is 11.3. The summed E-state index contributed by atoms with van der Waals surface area (Å²) in [6.07, 6.45) is -6.37. The average Bonchev–Trinajstić information content (AvgIpc) is 1.02. The smallest absolute Gasteiger partial charge is 0.408 e. The number of carbonyl (C=O) groups is 5. The van der Waals surface area contributed by atoms with Gasteiger partial charge in [0.1, 0.15) is 53.3 Å². The van der Waals surface area contributed by atoms with Gasteiger partial charge >= 0.3 is 24.0 Å². The van der Waals surface area contributed by atoms with E-state index < -0.39 is 95.7 Å². The second-order valence-corrected chi connectivity index (χ2v) is 24.5. The van der Waals surface area contributed by atoms with Crippen molar-refractivity contribution in [1.29, 1.82) is 0 Å². The maximum Gasteiger partial charge on any atom is 0.408 e. The summed E-state index contributed by atoms with van der Waals surface area (Å²) in [6, 6.07) is 45.1. The van der Waals surface area contributed by atoms with Crippen LogP contribution in [-0.2, 0) is 97.9 Å². The van der Waals surface area contributed by atoms with E-state index in [9.17, 15) is 9.59 Å². The summed E-state index contributed by atoms with van der Waals surface area (Å²) < 4.78 is 58.7. The van der Waals surface area contributed by atoms with Crippen LogP contribution in [0.2, 0.25) is 0 Å². The Morgan fingerprint density at radius 1 is 0.506 bits per heavy atom. The first-order chi connectivity index (χ1) is 41.4. The number of esters is 3. The van der Waals surface area contributed by atoms with Crippen molar-refractivity contribution < 1.29 is 66.6 Å². The fraction of sp³-hybridized carbons (Fsp3) is 0.429. The van der Waals surface area contributed by atoms with Crippen molar-refractivity contribution in [2.24, 2.45) is 0 Å². The zero-order chi connectivity index (χ0) is 62.7. The van der Waals surface area contributed by atoms with Gasteiger partial charge in [0.2, 0.25) is 5.91 Å². The Balaban J connectivity index is 1.44. The number of nitrogens with one attached hydrogen (secondary N) is 2. The molecule has 1 aliphatic rings. The van der Waals surface area contributed by atoms with Crippen molar-refractivity contribution in [2.45, 2.75) is 181 Å². The van der Waals surface area contributed by atoms with Crippen LogP contribution in [0.4, 0.5) is 4.79 Å². The molecule has 0 aliphatic carbocycles. The molecule has 1 saturated heterocycles. The summed E-state index contributed by atoms with van der Waals surface area (Å²) in [7, 11) is 0. The molecule has 0 bridgehead atoms. The van der Waals surface area contributed by atoms with Crippen molar-refractivity contribution >= 4 is 29.9 Å². The quantitative estimate of drug-likeness (QED) is 0.0383. The Hall–Kier alpha value is -7.80. The molecule has 0 unspecified atom stereocenters. The summed E-state index contributed by atoms with van der Waals surface area (Å²) in [5.74, 6) is -3.25. The Morgan fingerprint density at radius 3 is 1.39 bits per heavy atom. The fourth-order valence-electron chi connectivity index (χ4n) is 10.0. The first-order valence-corrected chi connectivity index (χ1v) is 29.7. The van der Waals surface area contributed by atoms with Gasteiger partial charge in [-0.3, -0.25) is 9.78 Å². The Labute approximate surface area is 512 Å². The minimum absolute atomic E-state index is 0.00408. The lowest BCUT2D eigenvalue weighted by Crippen LogP contribution is -2.61. The maximum absolute atomic E-state index is 15.5. The van der Waals surface area contributed by atoms with E-state index in [-0.39, 0.29) is 80.6 Å². The van der Waals surface area contributed by atoms with Crippen molar-refractivity contribution in [2.75, 3.05) is 13.2 Å². The van der Waals surface area contributed by atoms with E-state index in [4.69, 9.17) is 47.6 Å².